The van der Waals surface area contributed by atoms with Crippen molar-refractivity contribution < 1.29 is 4.79 Å². The van der Waals surface area contributed by atoms with Crippen LogP contribution in [0.2, 0.25) is 0 Å². The summed E-state index contributed by atoms with van der Waals surface area (Å²) in [6.45, 7) is 3.65. The fraction of sp³-hybridized carbons (Fsp3) is 0.286. The lowest BCUT2D eigenvalue weighted by molar-refractivity contribution is -0.115. The van der Waals surface area contributed by atoms with E-state index in [1.54, 1.807) is 0 Å². The van der Waals surface area contributed by atoms with Gasteiger partial charge in [-0.25, -0.2) is 0 Å². The fourth-order valence-electron chi connectivity index (χ4n) is 3.72. The maximum atomic E-state index is 12.9. The van der Waals surface area contributed by atoms with E-state index in [9.17, 15) is 4.79 Å². The molecular weight excluding hydrogens is 296 g/mol. The summed E-state index contributed by atoms with van der Waals surface area (Å²) in [6, 6.07) is 20.6. The van der Waals surface area contributed by atoms with Crippen LogP contribution >= 0.6 is 0 Å². The molecule has 1 amide bonds. The minimum absolute atomic E-state index is 0.210. The quantitative estimate of drug-likeness (QED) is 0.863. The van der Waals surface area contributed by atoms with Crippen LogP contribution in [-0.4, -0.2) is 30.4 Å². The van der Waals surface area contributed by atoms with Gasteiger partial charge in [-0.3, -0.25) is 9.69 Å². The normalized spacial score (nSPS) is 18.7. The zero-order valence-electron chi connectivity index (χ0n) is 13.8. The molecule has 0 bridgehead atoms. The van der Waals surface area contributed by atoms with Crippen molar-refractivity contribution >= 4 is 11.6 Å². The van der Waals surface area contributed by atoms with E-state index < -0.39 is 0 Å². The number of carbonyl (C=O) groups is 1. The molecule has 122 valence electrons. The summed E-state index contributed by atoms with van der Waals surface area (Å²) in [7, 11) is 0. The smallest absolute Gasteiger partial charge is 0.254 e. The first-order valence-electron chi connectivity index (χ1n) is 8.65. The number of hydrogen-bond acceptors (Lipinski definition) is 2. The number of anilines is 1. The Kier molecular flexibility index (Phi) is 4.18. The number of nitrogens with zero attached hydrogens (tertiary/aromatic N) is 2. The van der Waals surface area contributed by atoms with Gasteiger partial charge in [0.25, 0.3) is 5.91 Å². The minimum Gasteiger partial charge on any atom is -0.308 e. The van der Waals surface area contributed by atoms with E-state index in [2.05, 4.69) is 35.2 Å². The molecule has 0 saturated carbocycles. The lowest BCUT2D eigenvalue weighted by Crippen LogP contribution is -2.43. The molecule has 2 aromatic rings. The van der Waals surface area contributed by atoms with Crippen LogP contribution in [0.5, 0.6) is 0 Å². The van der Waals surface area contributed by atoms with E-state index in [4.69, 9.17) is 0 Å². The Morgan fingerprint density at radius 1 is 0.833 bits per heavy atom. The molecular formula is C21H22N2O. The Balaban J connectivity index is 1.49. The average Bonchev–Trinajstić information content (AvgIpc) is 2.64. The van der Waals surface area contributed by atoms with Crippen LogP contribution in [0.3, 0.4) is 0 Å². The van der Waals surface area contributed by atoms with Crippen LogP contribution in [0.4, 0.5) is 5.69 Å². The third-order valence-electron chi connectivity index (χ3n) is 4.98. The van der Waals surface area contributed by atoms with E-state index in [0.29, 0.717) is 0 Å². The molecule has 0 spiro atoms. The molecule has 3 nitrogen and oxygen atoms in total. The molecule has 2 aliphatic heterocycles. The maximum Gasteiger partial charge on any atom is 0.254 e. The van der Waals surface area contributed by atoms with Crippen LogP contribution < -0.4 is 4.90 Å². The molecule has 0 aliphatic carbocycles. The molecule has 0 atom stereocenters. The van der Waals surface area contributed by atoms with Gasteiger partial charge in [-0.1, -0.05) is 48.5 Å². The van der Waals surface area contributed by atoms with Crippen molar-refractivity contribution in [3.63, 3.8) is 0 Å². The summed E-state index contributed by atoms with van der Waals surface area (Å²) in [5.74, 6) is 0.210. The van der Waals surface area contributed by atoms with E-state index >= 15 is 0 Å². The maximum absolute atomic E-state index is 12.9. The Labute approximate surface area is 143 Å². The first kappa shape index (κ1) is 15.2. The van der Waals surface area contributed by atoms with Crippen LogP contribution in [0, 0.1) is 0 Å². The highest BCUT2D eigenvalue weighted by Gasteiger charge is 2.31. The molecule has 0 unspecified atom stereocenters. The molecule has 0 aromatic heterocycles. The number of para-hydroxylation sites is 1. The number of carbonyl (C=O) groups excluding carboxylic acids is 1. The standard InChI is InChI=1S/C21H22N2O/c24-21-20-12-13-22(15-17-7-3-1-4-8-17)16-18(20)11-14-23(21)19-9-5-2-6-10-19/h1-10H,11-16H2. The molecule has 2 heterocycles. The fourth-order valence-corrected chi connectivity index (χ4v) is 3.72. The largest absolute Gasteiger partial charge is 0.308 e. The molecule has 24 heavy (non-hydrogen) atoms. The van der Waals surface area contributed by atoms with Crippen molar-refractivity contribution in [1.82, 2.24) is 4.90 Å². The zero-order chi connectivity index (χ0) is 16.4. The first-order chi connectivity index (χ1) is 11.8. The lowest BCUT2D eigenvalue weighted by Gasteiger charge is -2.37. The molecule has 2 aliphatic rings. The molecule has 0 radical (unpaired) electrons. The summed E-state index contributed by atoms with van der Waals surface area (Å²) in [4.78, 5) is 17.3. The van der Waals surface area contributed by atoms with Gasteiger partial charge in [0.15, 0.2) is 0 Å². The van der Waals surface area contributed by atoms with E-state index in [0.717, 1.165) is 50.3 Å². The third-order valence-corrected chi connectivity index (χ3v) is 4.98. The van der Waals surface area contributed by atoms with Crippen LogP contribution in [0.1, 0.15) is 18.4 Å². The predicted octanol–water partition coefficient (Wildman–Crippen LogP) is 3.63. The number of benzene rings is 2. The van der Waals surface area contributed by atoms with Gasteiger partial charge in [0.1, 0.15) is 0 Å². The Bertz CT molecular complexity index is 752. The highest BCUT2D eigenvalue weighted by Crippen LogP contribution is 2.30. The summed E-state index contributed by atoms with van der Waals surface area (Å²) in [5, 5.41) is 0. The highest BCUT2D eigenvalue weighted by molar-refractivity contribution is 6.07. The first-order valence-corrected chi connectivity index (χ1v) is 8.65. The number of rotatable bonds is 3. The van der Waals surface area contributed by atoms with Crippen molar-refractivity contribution in [2.45, 2.75) is 19.4 Å². The molecule has 0 N–H and O–H groups in total. The second-order valence-electron chi connectivity index (χ2n) is 6.57. The van der Waals surface area contributed by atoms with Crippen molar-refractivity contribution in [2.75, 3.05) is 24.5 Å². The predicted molar refractivity (Wildman–Crippen MR) is 96.8 cm³/mol. The molecule has 2 aromatic carbocycles. The molecule has 4 rings (SSSR count). The monoisotopic (exact) mass is 318 g/mol. The van der Waals surface area contributed by atoms with Gasteiger partial charge in [0, 0.05) is 37.4 Å². The Hall–Kier alpha value is -2.39. The van der Waals surface area contributed by atoms with Crippen LogP contribution in [0.15, 0.2) is 71.8 Å². The van der Waals surface area contributed by atoms with Gasteiger partial charge >= 0.3 is 0 Å². The van der Waals surface area contributed by atoms with Crippen molar-refractivity contribution in [2.24, 2.45) is 0 Å². The van der Waals surface area contributed by atoms with E-state index in [1.165, 1.54) is 11.1 Å². The Morgan fingerprint density at radius 2 is 1.54 bits per heavy atom. The molecule has 3 heteroatoms. The number of hydrogen-bond donors (Lipinski definition) is 0. The van der Waals surface area contributed by atoms with Gasteiger partial charge in [-0.2, -0.15) is 0 Å². The second kappa shape index (κ2) is 6.62. The summed E-state index contributed by atoms with van der Waals surface area (Å²) >= 11 is 0. The van der Waals surface area contributed by atoms with Crippen molar-refractivity contribution in [1.29, 1.82) is 0 Å². The highest BCUT2D eigenvalue weighted by atomic mass is 16.2. The minimum atomic E-state index is 0.210. The molecule has 0 fully saturated rings. The van der Waals surface area contributed by atoms with Crippen LogP contribution in [0.25, 0.3) is 0 Å². The van der Waals surface area contributed by atoms with Gasteiger partial charge in [0.05, 0.1) is 0 Å². The summed E-state index contributed by atoms with van der Waals surface area (Å²) in [5.41, 5.74) is 4.75. The van der Waals surface area contributed by atoms with E-state index in [-0.39, 0.29) is 5.91 Å². The topological polar surface area (TPSA) is 23.6 Å². The SMILES string of the molecule is O=C1C2=C(CCN1c1ccccc1)CN(Cc1ccccc1)CC2. The van der Waals surface area contributed by atoms with Gasteiger partial charge in [-0.05, 0) is 36.1 Å². The average molecular weight is 318 g/mol. The summed E-state index contributed by atoms with van der Waals surface area (Å²) < 4.78 is 0. The molecule has 0 saturated heterocycles. The Morgan fingerprint density at radius 3 is 2.29 bits per heavy atom. The third kappa shape index (κ3) is 3.00. The van der Waals surface area contributed by atoms with Gasteiger partial charge in [-0.15, -0.1) is 0 Å². The van der Waals surface area contributed by atoms with Crippen molar-refractivity contribution in [3.05, 3.63) is 77.4 Å². The zero-order valence-corrected chi connectivity index (χ0v) is 13.8. The lowest BCUT2D eigenvalue weighted by atomic mass is 9.92. The van der Waals surface area contributed by atoms with Gasteiger partial charge < -0.3 is 4.90 Å². The second-order valence-corrected chi connectivity index (χ2v) is 6.57. The van der Waals surface area contributed by atoms with E-state index in [1.807, 2.05) is 35.2 Å². The number of amides is 1. The van der Waals surface area contributed by atoms with Crippen LogP contribution in [-0.2, 0) is 11.3 Å². The van der Waals surface area contributed by atoms with Crippen molar-refractivity contribution in [3.8, 4) is 0 Å². The summed E-state index contributed by atoms with van der Waals surface area (Å²) in [6.07, 6.45) is 1.85. The van der Waals surface area contributed by atoms with Gasteiger partial charge in [0.2, 0.25) is 0 Å².